The predicted octanol–water partition coefficient (Wildman–Crippen LogP) is 2.75. The van der Waals surface area contributed by atoms with E-state index in [1.807, 2.05) is 0 Å². The summed E-state index contributed by atoms with van der Waals surface area (Å²) in [6, 6.07) is 2.76. The number of benzene rings is 1. The zero-order valence-corrected chi connectivity index (χ0v) is 17.2. The van der Waals surface area contributed by atoms with Crippen LogP contribution in [0.3, 0.4) is 0 Å². The standard InChI is InChI=1S/C20H24ClFN2O5/c1-12-5-6-13(22)15(17(12)21)16-18(25)20(7-9-23(27-2)10-8-20)24(19(16)26)29-14-4-3-11-28-14/h5-6,14,16H,3-4,7-11H2,1-2H3. The number of amides is 1. The maximum absolute atomic E-state index is 14.7. The van der Waals surface area contributed by atoms with Crippen molar-refractivity contribution >= 4 is 23.3 Å². The van der Waals surface area contributed by atoms with E-state index in [9.17, 15) is 14.0 Å². The summed E-state index contributed by atoms with van der Waals surface area (Å²) in [5.74, 6) is -2.99. The Balaban J connectivity index is 1.74. The average molecular weight is 427 g/mol. The first-order chi connectivity index (χ1) is 13.9. The van der Waals surface area contributed by atoms with E-state index in [0.717, 1.165) is 11.5 Å². The highest BCUT2D eigenvalue weighted by atomic mass is 35.5. The molecule has 3 heterocycles. The topological polar surface area (TPSA) is 68.3 Å². The van der Waals surface area contributed by atoms with Gasteiger partial charge < -0.3 is 9.57 Å². The molecule has 0 aromatic heterocycles. The first kappa shape index (κ1) is 20.7. The molecule has 0 bridgehead atoms. The summed E-state index contributed by atoms with van der Waals surface area (Å²) >= 11 is 6.34. The largest absolute Gasteiger partial charge is 0.350 e. The van der Waals surface area contributed by atoms with E-state index in [1.165, 1.54) is 12.1 Å². The molecular formula is C20H24ClFN2O5. The second-order valence-corrected chi connectivity index (χ2v) is 8.09. The Morgan fingerprint density at radius 1 is 1.28 bits per heavy atom. The summed E-state index contributed by atoms with van der Waals surface area (Å²) in [7, 11) is 1.56. The van der Waals surface area contributed by atoms with E-state index in [0.29, 0.717) is 44.5 Å². The molecule has 1 spiro atoms. The van der Waals surface area contributed by atoms with Gasteiger partial charge in [0, 0.05) is 25.1 Å². The Bertz CT molecular complexity index is 821. The third kappa shape index (κ3) is 3.37. The fraction of sp³-hybridized carbons (Fsp3) is 0.600. The van der Waals surface area contributed by atoms with Crippen LogP contribution < -0.4 is 0 Å². The van der Waals surface area contributed by atoms with E-state index < -0.39 is 29.5 Å². The molecule has 3 fully saturated rings. The molecule has 9 heteroatoms. The van der Waals surface area contributed by atoms with Gasteiger partial charge >= 0.3 is 0 Å². The van der Waals surface area contributed by atoms with Crippen molar-refractivity contribution in [1.82, 2.24) is 10.1 Å². The van der Waals surface area contributed by atoms with Crippen molar-refractivity contribution in [2.45, 2.75) is 50.4 Å². The monoisotopic (exact) mass is 426 g/mol. The SMILES string of the molecule is CON1CCC2(CC1)C(=O)C(c1c(F)ccc(C)c1Cl)C(=O)N2OC1CCCO1. The Labute approximate surface area is 173 Å². The lowest BCUT2D eigenvalue weighted by atomic mass is 9.80. The highest BCUT2D eigenvalue weighted by Crippen LogP contribution is 2.46. The van der Waals surface area contributed by atoms with Crippen LogP contribution in [0.2, 0.25) is 5.02 Å². The van der Waals surface area contributed by atoms with E-state index in [2.05, 4.69) is 0 Å². The van der Waals surface area contributed by atoms with Crippen LogP contribution in [0.25, 0.3) is 0 Å². The molecule has 0 N–H and O–H groups in total. The second kappa shape index (κ2) is 7.92. The molecule has 0 aliphatic carbocycles. The minimum absolute atomic E-state index is 0.0753. The second-order valence-electron chi connectivity index (χ2n) is 7.71. The Hall–Kier alpha value is -1.58. The molecule has 3 aliphatic rings. The molecule has 3 aliphatic heterocycles. The zero-order chi connectivity index (χ0) is 20.8. The molecule has 4 rings (SSSR count). The number of ketones is 1. The summed E-state index contributed by atoms with van der Waals surface area (Å²) in [6.07, 6.45) is 1.48. The van der Waals surface area contributed by atoms with Crippen molar-refractivity contribution in [3.8, 4) is 0 Å². The van der Waals surface area contributed by atoms with Crippen LogP contribution in [0.4, 0.5) is 4.39 Å². The first-order valence-electron chi connectivity index (χ1n) is 9.79. The molecule has 2 unspecified atom stereocenters. The molecule has 0 saturated carbocycles. The smallest absolute Gasteiger partial charge is 0.262 e. The molecule has 7 nitrogen and oxygen atoms in total. The summed E-state index contributed by atoms with van der Waals surface area (Å²) < 4.78 is 20.3. The highest BCUT2D eigenvalue weighted by Gasteiger charge is 2.62. The number of hydrogen-bond donors (Lipinski definition) is 0. The maximum atomic E-state index is 14.7. The molecule has 1 amide bonds. The average Bonchev–Trinajstić information content (AvgIpc) is 3.30. The molecule has 29 heavy (non-hydrogen) atoms. The zero-order valence-electron chi connectivity index (χ0n) is 16.5. The number of halogens is 2. The van der Waals surface area contributed by atoms with E-state index in [1.54, 1.807) is 19.1 Å². The van der Waals surface area contributed by atoms with Gasteiger partial charge in [-0.05, 0) is 37.8 Å². The number of ether oxygens (including phenoxy) is 1. The van der Waals surface area contributed by atoms with E-state index in [4.69, 9.17) is 26.0 Å². The molecule has 2 atom stereocenters. The summed E-state index contributed by atoms with van der Waals surface area (Å²) in [6.45, 7) is 3.13. The van der Waals surface area contributed by atoms with Crippen LogP contribution in [-0.4, -0.2) is 60.5 Å². The number of carbonyl (C=O) groups is 2. The van der Waals surface area contributed by atoms with Gasteiger partial charge in [-0.15, -0.1) is 0 Å². The first-order valence-corrected chi connectivity index (χ1v) is 10.2. The minimum atomic E-state index is -1.34. The van der Waals surface area contributed by atoms with Crippen molar-refractivity contribution < 1.29 is 28.4 Å². The van der Waals surface area contributed by atoms with Crippen LogP contribution in [0.15, 0.2) is 12.1 Å². The van der Waals surface area contributed by atoms with E-state index >= 15 is 0 Å². The van der Waals surface area contributed by atoms with Gasteiger partial charge in [-0.1, -0.05) is 17.7 Å². The van der Waals surface area contributed by atoms with Gasteiger partial charge in [-0.2, -0.15) is 5.06 Å². The normalized spacial score (nSPS) is 27.4. The molecular weight excluding hydrogens is 403 g/mol. The third-order valence-electron chi connectivity index (χ3n) is 6.08. The molecule has 1 aromatic carbocycles. The number of nitrogens with zero attached hydrogens (tertiary/aromatic N) is 2. The van der Waals surface area contributed by atoms with Crippen molar-refractivity contribution in [3.05, 3.63) is 34.1 Å². The number of piperidine rings is 1. The maximum Gasteiger partial charge on any atom is 0.262 e. The Kier molecular flexibility index (Phi) is 5.65. The fourth-order valence-electron chi connectivity index (χ4n) is 4.40. The quantitative estimate of drug-likeness (QED) is 0.690. The number of rotatable bonds is 4. The highest BCUT2D eigenvalue weighted by molar-refractivity contribution is 6.33. The minimum Gasteiger partial charge on any atom is -0.350 e. The lowest BCUT2D eigenvalue weighted by Gasteiger charge is -2.42. The summed E-state index contributed by atoms with van der Waals surface area (Å²) in [5, 5.41) is 2.97. The number of aryl methyl sites for hydroxylation is 1. The van der Waals surface area contributed by atoms with Crippen LogP contribution >= 0.6 is 11.6 Å². The Morgan fingerprint density at radius 2 is 2.00 bits per heavy atom. The van der Waals surface area contributed by atoms with Gasteiger partial charge in [-0.25, -0.2) is 14.3 Å². The molecule has 158 valence electrons. The molecule has 1 aromatic rings. The van der Waals surface area contributed by atoms with Gasteiger partial charge in [0.1, 0.15) is 17.3 Å². The number of hydroxylamine groups is 4. The van der Waals surface area contributed by atoms with Crippen molar-refractivity contribution in [3.63, 3.8) is 0 Å². The Morgan fingerprint density at radius 3 is 2.62 bits per heavy atom. The number of Topliss-reactive ketones (excluding diaryl/α,β-unsaturated/α-hetero) is 1. The van der Waals surface area contributed by atoms with Crippen LogP contribution in [0.5, 0.6) is 0 Å². The lowest BCUT2D eigenvalue weighted by Crippen LogP contribution is -2.56. The van der Waals surface area contributed by atoms with Crippen LogP contribution in [-0.2, 0) is 24.0 Å². The van der Waals surface area contributed by atoms with Crippen LogP contribution in [0, 0.1) is 12.7 Å². The van der Waals surface area contributed by atoms with Crippen molar-refractivity contribution in [1.29, 1.82) is 0 Å². The lowest BCUT2D eigenvalue weighted by molar-refractivity contribution is -0.288. The van der Waals surface area contributed by atoms with E-state index in [-0.39, 0.29) is 16.4 Å². The van der Waals surface area contributed by atoms with Gasteiger partial charge in [-0.3, -0.25) is 9.59 Å². The van der Waals surface area contributed by atoms with Crippen molar-refractivity contribution in [2.24, 2.45) is 0 Å². The number of carbonyl (C=O) groups excluding carboxylic acids is 2. The fourth-order valence-corrected chi connectivity index (χ4v) is 4.66. The third-order valence-corrected chi connectivity index (χ3v) is 6.59. The molecule has 0 radical (unpaired) electrons. The van der Waals surface area contributed by atoms with Gasteiger partial charge in [0.15, 0.2) is 12.1 Å². The number of hydrogen-bond acceptors (Lipinski definition) is 6. The summed E-state index contributed by atoms with van der Waals surface area (Å²) in [4.78, 5) is 38.2. The van der Waals surface area contributed by atoms with Gasteiger partial charge in [0.2, 0.25) is 0 Å². The van der Waals surface area contributed by atoms with Crippen molar-refractivity contribution in [2.75, 3.05) is 26.8 Å². The summed E-state index contributed by atoms with van der Waals surface area (Å²) in [5.41, 5.74) is -0.665. The van der Waals surface area contributed by atoms with Gasteiger partial charge in [0.25, 0.3) is 5.91 Å². The van der Waals surface area contributed by atoms with Gasteiger partial charge in [0.05, 0.1) is 18.7 Å². The van der Waals surface area contributed by atoms with Crippen LogP contribution in [0.1, 0.15) is 42.7 Å². The predicted molar refractivity (Wildman–Crippen MR) is 101 cm³/mol. The molecule has 3 saturated heterocycles.